The van der Waals surface area contributed by atoms with Gasteiger partial charge in [0.05, 0.1) is 12.0 Å². The number of methoxy groups -OCH3 is 1. The Kier molecular flexibility index (Phi) is 4.42. The molecule has 0 aromatic heterocycles. The van der Waals surface area contributed by atoms with Crippen molar-refractivity contribution in [2.45, 2.75) is 6.54 Å². The first-order valence-electron chi connectivity index (χ1n) is 5.91. The Bertz CT molecular complexity index is 632. The highest BCUT2D eigenvalue weighted by Crippen LogP contribution is 2.24. The van der Waals surface area contributed by atoms with Gasteiger partial charge in [0.25, 0.3) is 5.69 Å². The van der Waals surface area contributed by atoms with Gasteiger partial charge in [0.1, 0.15) is 5.75 Å². The lowest BCUT2D eigenvalue weighted by atomic mass is 10.1. The van der Waals surface area contributed by atoms with Crippen LogP contribution in [0.2, 0.25) is 5.02 Å². The number of anilines is 1. The van der Waals surface area contributed by atoms with E-state index >= 15 is 0 Å². The molecule has 1 N–H and O–H groups in total. The Hall–Kier alpha value is -2.27. The van der Waals surface area contributed by atoms with Gasteiger partial charge in [-0.05, 0) is 24.3 Å². The maximum atomic E-state index is 11.0. The molecular formula is C14H13ClN2O3. The summed E-state index contributed by atoms with van der Waals surface area (Å²) in [5.41, 5.74) is 1.41. The van der Waals surface area contributed by atoms with Crippen molar-refractivity contribution >= 4 is 23.0 Å². The van der Waals surface area contributed by atoms with E-state index in [-0.39, 0.29) is 5.69 Å². The average Bonchev–Trinajstić information content (AvgIpc) is 2.46. The number of rotatable bonds is 5. The summed E-state index contributed by atoms with van der Waals surface area (Å²) >= 11 is 5.78. The molecule has 0 aliphatic heterocycles. The quantitative estimate of drug-likeness (QED) is 0.671. The van der Waals surface area contributed by atoms with Gasteiger partial charge in [-0.1, -0.05) is 17.7 Å². The van der Waals surface area contributed by atoms with Crippen LogP contribution in [-0.2, 0) is 6.54 Å². The summed E-state index contributed by atoms with van der Waals surface area (Å²) in [4.78, 5) is 10.5. The highest BCUT2D eigenvalue weighted by atomic mass is 35.5. The predicted octanol–water partition coefficient (Wildman–Crippen LogP) is 3.87. The van der Waals surface area contributed by atoms with E-state index < -0.39 is 4.92 Å². The molecule has 0 saturated carbocycles. The first kappa shape index (κ1) is 14.1. The zero-order chi connectivity index (χ0) is 14.5. The molecule has 0 atom stereocenters. The number of hydrogen-bond acceptors (Lipinski definition) is 4. The molecule has 0 aliphatic carbocycles. The summed E-state index contributed by atoms with van der Waals surface area (Å²) in [6, 6.07) is 12.0. The number of nitro benzene ring substituents is 1. The molecule has 0 saturated heterocycles. The Morgan fingerprint density at radius 2 is 2.10 bits per heavy atom. The summed E-state index contributed by atoms with van der Waals surface area (Å²) in [5.74, 6) is 0.723. The summed E-state index contributed by atoms with van der Waals surface area (Å²) in [6.45, 7) is 0.334. The van der Waals surface area contributed by atoms with Crippen molar-refractivity contribution in [2.75, 3.05) is 12.4 Å². The second-order valence-electron chi connectivity index (χ2n) is 4.12. The van der Waals surface area contributed by atoms with Crippen LogP contribution in [0.3, 0.4) is 0 Å². The third kappa shape index (κ3) is 3.39. The van der Waals surface area contributed by atoms with Gasteiger partial charge in [-0.3, -0.25) is 10.1 Å². The minimum Gasteiger partial charge on any atom is -0.497 e. The highest BCUT2D eigenvalue weighted by molar-refractivity contribution is 6.30. The maximum absolute atomic E-state index is 11.0. The minimum absolute atomic E-state index is 0.00731. The number of halogens is 1. The van der Waals surface area contributed by atoms with Gasteiger partial charge in [0, 0.05) is 35.0 Å². The molecule has 104 valence electrons. The fourth-order valence-electron chi connectivity index (χ4n) is 1.79. The number of nitro groups is 1. The average molecular weight is 293 g/mol. The Labute approximate surface area is 121 Å². The van der Waals surface area contributed by atoms with Crippen molar-refractivity contribution in [1.82, 2.24) is 0 Å². The van der Waals surface area contributed by atoms with Gasteiger partial charge in [0.2, 0.25) is 0 Å². The van der Waals surface area contributed by atoms with E-state index in [1.54, 1.807) is 19.2 Å². The zero-order valence-corrected chi connectivity index (χ0v) is 11.6. The highest BCUT2D eigenvalue weighted by Gasteiger charge is 2.13. The summed E-state index contributed by atoms with van der Waals surface area (Å²) < 4.78 is 5.12. The molecular weight excluding hydrogens is 280 g/mol. The molecule has 0 bridgehead atoms. The molecule has 0 radical (unpaired) electrons. The second kappa shape index (κ2) is 6.25. The van der Waals surface area contributed by atoms with Gasteiger partial charge in [-0.25, -0.2) is 0 Å². The molecule has 0 spiro atoms. The van der Waals surface area contributed by atoms with Crippen LogP contribution >= 0.6 is 11.6 Å². The van der Waals surface area contributed by atoms with Crippen molar-refractivity contribution < 1.29 is 9.66 Å². The van der Waals surface area contributed by atoms with Gasteiger partial charge >= 0.3 is 0 Å². The smallest absolute Gasteiger partial charge is 0.275 e. The van der Waals surface area contributed by atoms with Crippen LogP contribution in [0.4, 0.5) is 11.4 Å². The minimum atomic E-state index is -0.436. The van der Waals surface area contributed by atoms with Crippen LogP contribution in [0.1, 0.15) is 5.56 Å². The molecule has 5 nitrogen and oxygen atoms in total. The largest absolute Gasteiger partial charge is 0.497 e. The van der Waals surface area contributed by atoms with Crippen molar-refractivity contribution in [1.29, 1.82) is 0 Å². The lowest BCUT2D eigenvalue weighted by Gasteiger charge is -2.08. The molecule has 2 rings (SSSR count). The standard InChI is InChI=1S/C14H13ClN2O3/c1-20-13-4-2-3-12(8-13)16-9-10-5-6-11(15)7-14(10)17(18)19/h2-8,16H,9H2,1H3. The van der Waals surface area contributed by atoms with Gasteiger partial charge < -0.3 is 10.1 Å². The van der Waals surface area contributed by atoms with Crippen LogP contribution < -0.4 is 10.1 Å². The van der Waals surface area contributed by atoms with Crippen molar-refractivity contribution in [2.24, 2.45) is 0 Å². The maximum Gasteiger partial charge on any atom is 0.275 e. The zero-order valence-electron chi connectivity index (χ0n) is 10.8. The lowest BCUT2D eigenvalue weighted by molar-refractivity contribution is -0.385. The number of benzene rings is 2. The van der Waals surface area contributed by atoms with Crippen LogP contribution in [-0.4, -0.2) is 12.0 Å². The van der Waals surface area contributed by atoms with E-state index in [9.17, 15) is 10.1 Å². The first-order valence-corrected chi connectivity index (χ1v) is 6.28. The van der Waals surface area contributed by atoms with E-state index in [2.05, 4.69) is 5.32 Å². The number of nitrogens with zero attached hydrogens (tertiary/aromatic N) is 1. The number of nitrogens with one attached hydrogen (secondary N) is 1. The summed E-state index contributed by atoms with van der Waals surface area (Å²) in [6.07, 6.45) is 0. The van der Waals surface area contributed by atoms with Crippen LogP contribution in [0.25, 0.3) is 0 Å². The Balaban J connectivity index is 2.16. The predicted molar refractivity (Wildman–Crippen MR) is 78.4 cm³/mol. The van der Waals surface area contributed by atoms with E-state index in [1.165, 1.54) is 6.07 Å². The molecule has 0 aliphatic rings. The third-order valence-electron chi connectivity index (χ3n) is 2.80. The van der Waals surface area contributed by atoms with Crippen molar-refractivity contribution in [3.05, 3.63) is 63.2 Å². The lowest BCUT2D eigenvalue weighted by Crippen LogP contribution is -2.03. The van der Waals surface area contributed by atoms with E-state index in [1.807, 2.05) is 24.3 Å². The van der Waals surface area contributed by atoms with Gasteiger partial charge in [-0.15, -0.1) is 0 Å². The van der Waals surface area contributed by atoms with Crippen molar-refractivity contribution in [3.8, 4) is 5.75 Å². The topological polar surface area (TPSA) is 64.4 Å². The second-order valence-corrected chi connectivity index (χ2v) is 4.55. The summed E-state index contributed by atoms with van der Waals surface area (Å²) in [7, 11) is 1.59. The van der Waals surface area contributed by atoms with Crippen LogP contribution in [0.15, 0.2) is 42.5 Å². The fraction of sp³-hybridized carbons (Fsp3) is 0.143. The first-order chi connectivity index (χ1) is 9.60. The van der Waals surface area contributed by atoms with Crippen LogP contribution in [0.5, 0.6) is 5.75 Å². The molecule has 20 heavy (non-hydrogen) atoms. The molecule has 2 aromatic carbocycles. The van der Waals surface area contributed by atoms with E-state index in [0.29, 0.717) is 17.1 Å². The molecule has 0 heterocycles. The molecule has 0 unspecified atom stereocenters. The van der Waals surface area contributed by atoms with Gasteiger partial charge in [-0.2, -0.15) is 0 Å². The molecule has 0 amide bonds. The third-order valence-corrected chi connectivity index (χ3v) is 3.03. The van der Waals surface area contributed by atoms with E-state index in [0.717, 1.165) is 11.4 Å². The molecule has 6 heteroatoms. The van der Waals surface area contributed by atoms with Gasteiger partial charge in [0.15, 0.2) is 0 Å². The number of ether oxygens (including phenoxy) is 1. The summed E-state index contributed by atoms with van der Waals surface area (Å²) in [5, 5.41) is 14.5. The molecule has 0 fully saturated rings. The van der Waals surface area contributed by atoms with Crippen molar-refractivity contribution in [3.63, 3.8) is 0 Å². The number of hydrogen-bond donors (Lipinski definition) is 1. The Morgan fingerprint density at radius 1 is 1.30 bits per heavy atom. The van der Waals surface area contributed by atoms with E-state index in [4.69, 9.17) is 16.3 Å². The monoisotopic (exact) mass is 292 g/mol. The Morgan fingerprint density at radius 3 is 2.80 bits per heavy atom. The SMILES string of the molecule is COc1cccc(NCc2ccc(Cl)cc2[N+](=O)[O-])c1. The fourth-order valence-corrected chi connectivity index (χ4v) is 1.95. The molecule has 2 aromatic rings. The van der Waals surface area contributed by atoms with Crippen LogP contribution in [0, 0.1) is 10.1 Å². The normalized spacial score (nSPS) is 10.1.